The van der Waals surface area contributed by atoms with Crippen LogP contribution < -0.4 is 10.2 Å². The average molecular weight is 360 g/mol. The molecule has 2 aromatic rings. The fourth-order valence-electron chi connectivity index (χ4n) is 2.62. The molecule has 0 saturated heterocycles. The molecule has 3 rings (SSSR count). The number of rotatable bonds is 2. The van der Waals surface area contributed by atoms with Crippen LogP contribution in [-0.2, 0) is 11.2 Å². The molecule has 2 amide bonds. The summed E-state index contributed by atoms with van der Waals surface area (Å²) in [5.41, 5.74) is 2.82. The van der Waals surface area contributed by atoms with Crippen LogP contribution >= 0.6 is 15.9 Å². The van der Waals surface area contributed by atoms with E-state index < -0.39 is 0 Å². The molecule has 5 nitrogen and oxygen atoms in total. The number of hydrogen-bond donors (Lipinski definition) is 1. The highest BCUT2D eigenvalue weighted by Crippen LogP contribution is 2.38. The minimum atomic E-state index is -0.169. The first-order chi connectivity index (χ1) is 10.6. The van der Waals surface area contributed by atoms with Crippen LogP contribution in [0.3, 0.4) is 0 Å². The minimum Gasteiger partial charge on any atom is -0.324 e. The van der Waals surface area contributed by atoms with E-state index in [-0.39, 0.29) is 11.8 Å². The number of nitrogens with one attached hydrogen (secondary N) is 1. The summed E-state index contributed by atoms with van der Waals surface area (Å²) < 4.78 is 0.877. The molecule has 0 fully saturated rings. The highest BCUT2D eigenvalue weighted by atomic mass is 79.9. The maximum Gasteiger partial charge on any atom is 0.276 e. The van der Waals surface area contributed by atoms with Gasteiger partial charge in [-0.15, -0.1) is 0 Å². The number of fused-ring (bicyclic) bond motifs is 1. The number of anilines is 2. The van der Waals surface area contributed by atoms with Gasteiger partial charge in [-0.1, -0.05) is 22.0 Å². The minimum absolute atomic E-state index is 0.159. The number of nitrogens with zero attached hydrogens (tertiary/aromatic N) is 2. The van der Waals surface area contributed by atoms with Crippen molar-refractivity contribution in [2.24, 2.45) is 0 Å². The average Bonchev–Trinajstić information content (AvgIpc) is 2.90. The number of amides is 2. The molecule has 2 heterocycles. The van der Waals surface area contributed by atoms with Crippen molar-refractivity contribution in [3.63, 3.8) is 0 Å². The molecule has 22 heavy (non-hydrogen) atoms. The quantitative estimate of drug-likeness (QED) is 0.896. The van der Waals surface area contributed by atoms with Gasteiger partial charge in [-0.3, -0.25) is 14.6 Å². The summed E-state index contributed by atoms with van der Waals surface area (Å²) in [4.78, 5) is 29.9. The van der Waals surface area contributed by atoms with E-state index in [9.17, 15) is 9.59 Å². The molecule has 0 unspecified atom stereocenters. The van der Waals surface area contributed by atoms with E-state index in [1.165, 1.54) is 6.92 Å². The first-order valence-corrected chi connectivity index (χ1v) is 7.68. The molecule has 0 radical (unpaired) electrons. The molecule has 0 bridgehead atoms. The summed E-state index contributed by atoms with van der Waals surface area (Å²) in [6, 6.07) is 9.04. The first kappa shape index (κ1) is 14.7. The summed E-state index contributed by atoms with van der Waals surface area (Å²) in [6.45, 7) is 2.03. The third-order valence-corrected chi connectivity index (χ3v) is 3.93. The molecule has 0 aliphatic carbocycles. The van der Waals surface area contributed by atoms with E-state index in [0.29, 0.717) is 17.9 Å². The molecule has 1 aliphatic heterocycles. The Morgan fingerprint density at radius 1 is 1.32 bits per heavy atom. The van der Waals surface area contributed by atoms with Gasteiger partial charge in [0.1, 0.15) is 5.69 Å². The third-order valence-electron chi connectivity index (χ3n) is 3.47. The summed E-state index contributed by atoms with van der Waals surface area (Å²) in [6.07, 6.45) is 2.35. The maximum atomic E-state index is 12.7. The van der Waals surface area contributed by atoms with E-state index in [2.05, 4.69) is 26.2 Å². The van der Waals surface area contributed by atoms with Gasteiger partial charge < -0.3 is 10.2 Å². The van der Waals surface area contributed by atoms with E-state index in [0.717, 1.165) is 22.1 Å². The van der Waals surface area contributed by atoms with Gasteiger partial charge in [-0.2, -0.15) is 0 Å². The fraction of sp³-hybridized carbons (Fsp3) is 0.188. The monoisotopic (exact) mass is 359 g/mol. The molecule has 1 N–H and O–H groups in total. The van der Waals surface area contributed by atoms with E-state index in [4.69, 9.17) is 0 Å². The number of pyridine rings is 1. The molecule has 0 atom stereocenters. The van der Waals surface area contributed by atoms with Gasteiger partial charge in [0, 0.05) is 24.1 Å². The Morgan fingerprint density at radius 2 is 2.14 bits per heavy atom. The highest BCUT2D eigenvalue weighted by Gasteiger charge is 2.29. The largest absolute Gasteiger partial charge is 0.324 e. The zero-order valence-corrected chi connectivity index (χ0v) is 13.6. The van der Waals surface area contributed by atoms with Crippen LogP contribution in [0.25, 0.3) is 0 Å². The Hall–Kier alpha value is -2.21. The maximum absolute atomic E-state index is 12.7. The number of carbonyl (C=O) groups is 2. The molecule has 0 spiro atoms. The van der Waals surface area contributed by atoms with Crippen molar-refractivity contribution in [3.8, 4) is 0 Å². The predicted octanol–water partition coefficient (Wildman–Crippen LogP) is 3.01. The zero-order valence-electron chi connectivity index (χ0n) is 12.0. The lowest BCUT2D eigenvalue weighted by Gasteiger charge is -2.20. The van der Waals surface area contributed by atoms with Gasteiger partial charge >= 0.3 is 0 Å². The Labute approximate surface area is 136 Å². The summed E-state index contributed by atoms with van der Waals surface area (Å²) in [5, 5.41) is 2.80. The first-order valence-electron chi connectivity index (χ1n) is 6.89. The van der Waals surface area contributed by atoms with Crippen LogP contribution in [0.15, 0.2) is 41.0 Å². The number of hydrogen-bond acceptors (Lipinski definition) is 3. The van der Waals surface area contributed by atoms with Gasteiger partial charge in [0.15, 0.2) is 0 Å². The van der Waals surface area contributed by atoms with Crippen molar-refractivity contribution in [2.75, 3.05) is 16.8 Å². The SMILES string of the molecule is CC(=O)Nc1cc(Br)cc2c1N(C(=O)c1ccccn1)CC2. The molecular formula is C16H14BrN3O2. The molecule has 112 valence electrons. The van der Waals surface area contributed by atoms with Crippen LogP contribution in [0.4, 0.5) is 11.4 Å². The normalized spacial score (nSPS) is 12.9. The molecular weight excluding hydrogens is 346 g/mol. The highest BCUT2D eigenvalue weighted by molar-refractivity contribution is 9.10. The molecule has 6 heteroatoms. The molecule has 1 aliphatic rings. The summed E-state index contributed by atoms with van der Waals surface area (Å²) >= 11 is 3.44. The number of benzene rings is 1. The lowest BCUT2D eigenvalue weighted by Crippen LogP contribution is -2.30. The second-order valence-electron chi connectivity index (χ2n) is 5.06. The van der Waals surface area contributed by atoms with Crippen molar-refractivity contribution < 1.29 is 9.59 Å². The van der Waals surface area contributed by atoms with Gasteiger partial charge in [-0.05, 0) is 36.2 Å². The molecule has 0 saturated carbocycles. The number of aromatic nitrogens is 1. The van der Waals surface area contributed by atoms with Crippen molar-refractivity contribution in [3.05, 3.63) is 52.3 Å². The summed E-state index contributed by atoms with van der Waals surface area (Å²) in [5.74, 6) is -0.328. The lowest BCUT2D eigenvalue weighted by molar-refractivity contribution is -0.114. The fourth-order valence-corrected chi connectivity index (χ4v) is 3.13. The molecule has 1 aromatic carbocycles. The smallest absolute Gasteiger partial charge is 0.276 e. The number of halogens is 1. The third kappa shape index (κ3) is 2.74. The van der Waals surface area contributed by atoms with E-state index >= 15 is 0 Å². The van der Waals surface area contributed by atoms with Crippen LogP contribution in [0.5, 0.6) is 0 Å². The van der Waals surface area contributed by atoms with Crippen molar-refractivity contribution >= 4 is 39.1 Å². The molecule has 1 aromatic heterocycles. The second-order valence-corrected chi connectivity index (χ2v) is 5.98. The zero-order chi connectivity index (χ0) is 15.7. The van der Waals surface area contributed by atoms with Crippen LogP contribution in [0, 0.1) is 0 Å². The van der Waals surface area contributed by atoms with Crippen molar-refractivity contribution in [1.82, 2.24) is 4.98 Å². The van der Waals surface area contributed by atoms with Crippen molar-refractivity contribution in [1.29, 1.82) is 0 Å². The number of carbonyl (C=O) groups excluding carboxylic acids is 2. The topological polar surface area (TPSA) is 62.3 Å². The van der Waals surface area contributed by atoms with Gasteiger partial charge in [0.05, 0.1) is 11.4 Å². The Bertz CT molecular complexity index is 747. The predicted molar refractivity (Wildman–Crippen MR) is 88.1 cm³/mol. The van der Waals surface area contributed by atoms with Gasteiger partial charge in [0.2, 0.25) is 5.91 Å². The Balaban J connectivity index is 2.03. The van der Waals surface area contributed by atoms with Gasteiger partial charge in [0.25, 0.3) is 5.91 Å². The summed E-state index contributed by atoms with van der Waals surface area (Å²) in [7, 11) is 0. The van der Waals surface area contributed by atoms with Crippen LogP contribution in [-0.4, -0.2) is 23.3 Å². The standard InChI is InChI=1S/C16H14BrN3O2/c1-10(21)19-14-9-12(17)8-11-5-7-20(15(11)14)16(22)13-4-2-3-6-18-13/h2-4,6,8-9H,5,7H2,1H3,(H,19,21). The van der Waals surface area contributed by atoms with Crippen LogP contribution in [0.1, 0.15) is 23.0 Å². The second kappa shape index (κ2) is 5.88. The Kier molecular flexibility index (Phi) is 3.94. The van der Waals surface area contributed by atoms with E-state index in [1.807, 2.05) is 12.1 Å². The van der Waals surface area contributed by atoms with Gasteiger partial charge in [-0.25, -0.2) is 0 Å². The van der Waals surface area contributed by atoms with Crippen LogP contribution in [0.2, 0.25) is 0 Å². The van der Waals surface area contributed by atoms with E-state index in [1.54, 1.807) is 29.3 Å². The Morgan fingerprint density at radius 3 is 2.82 bits per heavy atom. The van der Waals surface area contributed by atoms with Crippen molar-refractivity contribution in [2.45, 2.75) is 13.3 Å². The lowest BCUT2D eigenvalue weighted by atomic mass is 10.1.